The van der Waals surface area contributed by atoms with Crippen LogP contribution in [-0.2, 0) is 0 Å². The molecular formula is C11H17N5. The van der Waals surface area contributed by atoms with Crippen molar-refractivity contribution in [3.63, 3.8) is 0 Å². The Labute approximate surface area is 95.9 Å². The molecule has 0 aliphatic carbocycles. The van der Waals surface area contributed by atoms with Gasteiger partial charge < -0.3 is 10.3 Å². The molecule has 1 heterocycles. The van der Waals surface area contributed by atoms with E-state index in [0.717, 1.165) is 5.82 Å². The molecule has 5 nitrogen and oxygen atoms in total. The van der Waals surface area contributed by atoms with Crippen LogP contribution in [0, 0.1) is 11.3 Å². The second kappa shape index (κ2) is 5.93. The number of nitrogen functional groups attached to an aromatic ring is 1. The zero-order valence-electron chi connectivity index (χ0n) is 9.64. The molecule has 1 aromatic heterocycles. The van der Waals surface area contributed by atoms with E-state index in [1.54, 1.807) is 6.07 Å². The molecule has 0 aliphatic rings. The zero-order chi connectivity index (χ0) is 12.0. The van der Waals surface area contributed by atoms with Crippen LogP contribution >= 0.6 is 0 Å². The van der Waals surface area contributed by atoms with Gasteiger partial charge in [0.25, 0.3) is 0 Å². The minimum absolute atomic E-state index is 0.300. The van der Waals surface area contributed by atoms with Gasteiger partial charge >= 0.3 is 0 Å². The summed E-state index contributed by atoms with van der Waals surface area (Å²) < 4.78 is 0. The van der Waals surface area contributed by atoms with Crippen molar-refractivity contribution in [2.45, 2.75) is 26.3 Å². The Bertz CT molecular complexity index is 369. The fraction of sp³-hybridized carbons (Fsp3) is 0.455. The van der Waals surface area contributed by atoms with Crippen molar-refractivity contribution in [1.82, 2.24) is 4.98 Å². The Morgan fingerprint density at radius 3 is 2.88 bits per heavy atom. The average Bonchev–Trinajstić information content (AvgIpc) is 2.29. The molecule has 5 heteroatoms. The van der Waals surface area contributed by atoms with Gasteiger partial charge in [-0.2, -0.15) is 5.26 Å². The molecule has 0 saturated carbocycles. The van der Waals surface area contributed by atoms with Crippen LogP contribution in [0.3, 0.4) is 0 Å². The van der Waals surface area contributed by atoms with Gasteiger partial charge in [0.15, 0.2) is 0 Å². The molecule has 0 atom stereocenters. The van der Waals surface area contributed by atoms with Crippen LogP contribution in [-0.4, -0.2) is 17.6 Å². The van der Waals surface area contributed by atoms with Gasteiger partial charge in [0, 0.05) is 12.6 Å². The average molecular weight is 219 g/mol. The van der Waals surface area contributed by atoms with Gasteiger partial charge in [0.05, 0.1) is 12.5 Å². The molecule has 3 N–H and O–H groups in total. The number of pyridine rings is 1. The first-order valence-corrected chi connectivity index (χ1v) is 5.26. The van der Waals surface area contributed by atoms with E-state index in [1.165, 1.54) is 0 Å². The normalized spacial score (nSPS) is 9.94. The molecule has 0 spiro atoms. The topological polar surface area (TPSA) is 78.0 Å². The SMILES string of the molecule is CC(C)N(CCC#N)c1cccc(NN)n1. The van der Waals surface area contributed by atoms with E-state index in [1.807, 2.05) is 12.1 Å². The van der Waals surface area contributed by atoms with E-state index in [-0.39, 0.29) is 0 Å². The van der Waals surface area contributed by atoms with Crippen LogP contribution in [0.5, 0.6) is 0 Å². The molecule has 0 bridgehead atoms. The highest BCUT2D eigenvalue weighted by Crippen LogP contribution is 2.16. The molecule has 1 rings (SSSR count). The minimum Gasteiger partial charge on any atom is -0.353 e. The number of hydrogen-bond donors (Lipinski definition) is 2. The highest BCUT2D eigenvalue weighted by atomic mass is 15.3. The summed E-state index contributed by atoms with van der Waals surface area (Å²) in [5, 5.41) is 8.62. The van der Waals surface area contributed by atoms with Gasteiger partial charge in [0.2, 0.25) is 0 Å². The van der Waals surface area contributed by atoms with Gasteiger partial charge in [-0.1, -0.05) is 6.07 Å². The van der Waals surface area contributed by atoms with Gasteiger partial charge in [-0.3, -0.25) is 0 Å². The summed E-state index contributed by atoms with van der Waals surface area (Å²) in [4.78, 5) is 6.42. The van der Waals surface area contributed by atoms with Crippen molar-refractivity contribution in [3.8, 4) is 6.07 Å². The van der Waals surface area contributed by atoms with E-state index >= 15 is 0 Å². The lowest BCUT2D eigenvalue weighted by molar-refractivity contribution is 0.677. The third kappa shape index (κ3) is 3.11. The van der Waals surface area contributed by atoms with E-state index < -0.39 is 0 Å². The van der Waals surface area contributed by atoms with E-state index in [0.29, 0.717) is 24.8 Å². The number of hydrogen-bond acceptors (Lipinski definition) is 5. The fourth-order valence-electron chi connectivity index (χ4n) is 1.47. The predicted molar refractivity (Wildman–Crippen MR) is 64.8 cm³/mol. The van der Waals surface area contributed by atoms with Crippen LogP contribution in [0.1, 0.15) is 20.3 Å². The summed E-state index contributed by atoms with van der Waals surface area (Å²) in [6.07, 6.45) is 0.486. The lowest BCUT2D eigenvalue weighted by Crippen LogP contribution is -2.32. The third-order valence-corrected chi connectivity index (χ3v) is 2.26. The number of anilines is 2. The molecule has 0 fully saturated rings. The van der Waals surface area contributed by atoms with Gasteiger partial charge in [-0.25, -0.2) is 10.8 Å². The Morgan fingerprint density at radius 1 is 1.56 bits per heavy atom. The van der Waals surface area contributed by atoms with Gasteiger partial charge in [-0.15, -0.1) is 0 Å². The Balaban J connectivity index is 2.88. The highest BCUT2D eigenvalue weighted by Gasteiger charge is 2.11. The molecule has 0 aromatic carbocycles. The maximum atomic E-state index is 8.62. The molecule has 0 aliphatic heterocycles. The van der Waals surface area contributed by atoms with Gasteiger partial charge in [0.1, 0.15) is 11.6 Å². The van der Waals surface area contributed by atoms with Crippen molar-refractivity contribution in [3.05, 3.63) is 18.2 Å². The van der Waals surface area contributed by atoms with E-state index in [2.05, 4.69) is 35.2 Å². The quantitative estimate of drug-likeness (QED) is 0.579. The molecule has 1 aromatic rings. The number of rotatable bonds is 5. The Morgan fingerprint density at radius 2 is 2.31 bits per heavy atom. The Hall–Kier alpha value is -1.80. The number of aromatic nitrogens is 1. The number of nitrogens with two attached hydrogens (primary N) is 1. The second-order valence-corrected chi connectivity index (χ2v) is 3.72. The maximum absolute atomic E-state index is 8.62. The monoisotopic (exact) mass is 219 g/mol. The second-order valence-electron chi connectivity index (χ2n) is 3.72. The van der Waals surface area contributed by atoms with Crippen molar-refractivity contribution < 1.29 is 0 Å². The molecule has 0 amide bonds. The molecular weight excluding hydrogens is 202 g/mol. The largest absolute Gasteiger partial charge is 0.353 e. The first kappa shape index (κ1) is 12.3. The summed E-state index contributed by atoms with van der Waals surface area (Å²) in [5.74, 6) is 6.77. The summed E-state index contributed by atoms with van der Waals surface area (Å²) in [5.41, 5.74) is 2.51. The van der Waals surface area contributed by atoms with Crippen LogP contribution in [0.15, 0.2) is 18.2 Å². The lowest BCUT2D eigenvalue weighted by Gasteiger charge is -2.27. The number of nitrogens with zero attached hydrogens (tertiary/aromatic N) is 3. The smallest absolute Gasteiger partial charge is 0.142 e. The molecule has 86 valence electrons. The maximum Gasteiger partial charge on any atom is 0.142 e. The van der Waals surface area contributed by atoms with Crippen LogP contribution < -0.4 is 16.2 Å². The third-order valence-electron chi connectivity index (χ3n) is 2.26. The van der Waals surface area contributed by atoms with Crippen molar-refractivity contribution in [1.29, 1.82) is 5.26 Å². The Kier molecular flexibility index (Phi) is 4.55. The summed E-state index contributed by atoms with van der Waals surface area (Å²) in [6.45, 7) is 4.82. The molecule has 0 unspecified atom stereocenters. The lowest BCUT2D eigenvalue weighted by atomic mass is 10.2. The standard InChI is InChI=1S/C11H17N5/c1-9(2)16(8-4-7-12)11-6-3-5-10(14-11)15-13/h3,5-6,9H,4,8,13H2,1-2H3,(H,14,15). The highest BCUT2D eigenvalue weighted by molar-refractivity contribution is 5.47. The summed E-state index contributed by atoms with van der Waals surface area (Å²) in [6, 6.07) is 8.04. The van der Waals surface area contributed by atoms with Crippen molar-refractivity contribution in [2.75, 3.05) is 16.9 Å². The first-order valence-electron chi connectivity index (χ1n) is 5.26. The van der Waals surface area contributed by atoms with E-state index in [4.69, 9.17) is 11.1 Å². The molecule has 16 heavy (non-hydrogen) atoms. The summed E-state index contributed by atoms with van der Waals surface area (Å²) in [7, 11) is 0. The van der Waals surface area contributed by atoms with E-state index in [9.17, 15) is 0 Å². The van der Waals surface area contributed by atoms with Crippen molar-refractivity contribution >= 4 is 11.6 Å². The fourth-order valence-corrected chi connectivity index (χ4v) is 1.47. The number of hydrazine groups is 1. The summed E-state index contributed by atoms with van der Waals surface area (Å²) >= 11 is 0. The number of nitriles is 1. The molecule has 0 radical (unpaired) electrons. The predicted octanol–water partition coefficient (Wildman–Crippen LogP) is 1.50. The van der Waals surface area contributed by atoms with Gasteiger partial charge in [-0.05, 0) is 26.0 Å². The minimum atomic E-state index is 0.300. The van der Waals surface area contributed by atoms with Crippen LogP contribution in [0.25, 0.3) is 0 Å². The number of nitrogens with one attached hydrogen (secondary N) is 1. The van der Waals surface area contributed by atoms with Crippen LogP contribution in [0.4, 0.5) is 11.6 Å². The molecule has 0 saturated heterocycles. The van der Waals surface area contributed by atoms with Crippen LogP contribution in [0.2, 0.25) is 0 Å². The van der Waals surface area contributed by atoms with Crippen molar-refractivity contribution in [2.24, 2.45) is 5.84 Å². The first-order chi connectivity index (χ1) is 7.69. The zero-order valence-corrected chi connectivity index (χ0v) is 9.64.